The van der Waals surface area contributed by atoms with E-state index in [1.807, 2.05) is 42.5 Å². The normalized spacial score (nSPS) is 17.6. The van der Waals surface area contributed by atoms with Gasteiger partial charge in [0.05, 0.1) is 6.10 Å². The van der Waals surface area contributed by atoms with Crippen LogP contribution in [-0.2, 0) is 5.60 Å². The minimum atomic E-state index is -1.11. The number of hydrogen-bond donors (Lipinski definition) is 1. The van der Waals surface area contributed by atoms with Crippen molar-refractivity contribution in [2.75, 3.05) is 0 Å². The number of ether oxygens (including phenoxy) is 1. The summed E-state index contributed by atoms with van der Waals surface area (Å²) in [6, 6.07) is 14.9. The van der Waals surface area contributed by atoms with Crippen LogP contribution in [-0.4, -0.2) is 11.2 Å². The lowest BCUT2D eigenvalue weighted by atomic mass is 9.88. The Morgan fingerprint density at radius 2 is 1.75 bits per heavy atom. The molecule has 0 saturated heterocycles. The SMILES string of the molecule is CC(O)(c1ccc(OC2CC2)cc1)c1ccccc1Cl. The molecule has 2 aromatic carbocycles. The summed E-state index contributed by atoms with van der Waals surface area (Å²) in [6.07, 6.45) is 2.66. The van der Waals surface area contributed by atoms with Gasteiger partial charge in [-0.15, -0.1) is 0 Å². The molecular formula is C17H17ClO2. The maximum Gasteiger partial charge on any atom is 0.119 e. The van der Waals surface area contributed by atoms with Crippen molar-refractivity contribution in [2.24, 2.45) is 0 Å². The molecule has 2 nitrogen and oxygen atoms in total. The highest BCUT2D eigenvalue weighted by Crippen LogP contribution is 2.35. The highest BCUT2D eigenvalue weighted by molar-refractivity contribution is 6.31. The van der Waals surface area contributed by atoms with Crippen LogP contribution < -0.4 is 4.74 Å². The second-order valence-corrected chi connectivity index (χ2v) is 5.80. The molecule has 0 spiro atoms. The van der Waals surface area contributed by atoms with Gasteiger partial charge >= 0.3 is 0 Å². The third-order valence-corrected chi connectivity index (χ3v) is 3.97. The Morgan fingerprint density at radius 3 is 2.35 bits per heavy atom. The molecule has 104 valence electrons. The van der Waals surface area contributed by atoms with Gasteiger partial charge in [0, 0.05) is 10.6 Å². The zero-order valence-electron chi connectivity index (χ0n) is 11.3. The molecule has 1 N–H and O–H groups in total. The fraction of sp³-hybridized carbons (Fsp3) is 0.294. The number of halogens is 1. The molecule has 1 fully saturated rings. The van der Waals surface area contributed by atoms with Crippen LogP contribution in [0.15, 0.2) is 48.5 Å². The first kappa shape index (κ1) is 13.5. The van der Waals surface area contributed by atoms with Gasteiger partial charge in [-0.3, -0.25) is 0 Å². The van der Waals surface area contributed by atoms with E-state index in [9.17, 15) is 5.11 Å². The lowest BCUT2D eigenvalue weighted by Gasteiger charge is -2.25. The predicted molar refractivity (Wildman–Crippen MR) is 80.2 cm³/mol. The topological polar surface area (TPSA) is 29.5 Å². The second-order valence-electron chi connectivity index (χ2n) is 5.39. The Morgan fingerprint density at radius 1 is 1.10 bits per heavy atom. The Labute approximate surface area is 124 Å². The highest BCUT2D eigenvalue weighted by Gasteiger charge is 2.28. The minimum absolute atomic E-state index is 0.380. The molecule has 2 aromatic rings. The Balaban J connectivity index is 1.88. The van der Waals surface area contributed by atoms with E-state index in [1.54, 1.807) is 13.0 Å². The molecule has 1 aliphatic rings. The van der Waals surface area contributed by atoms with Crippen LogP contribution in [0.2, 0.25) is 5.02 Å². The van der Waals surface area contributed by atoms with Gasteiger partial charge in [-0.2, -0.15) is 0 Å². The van der Waals surface area contributed by atoms with Crippen molar-refractivity contribution in [1.29, 1.82) is 0 Å². The molecule has 20 heavy (non-hydrogen) atoms. The third-order valence-electron chi connectivity index (χ3n) is 3.64. The van der Waals surface area contributed by atoms with Crippen LogP contribution in [0, 0.1) is 0 Å². The van der Waals surface area contributed by atoms with Gasteiger partial charge in [-0.25, -0.2) is 0 Å². The quantitative estimate of drug-likeness (QED) is 0.916. The molecular weight excluding hydrogens is 272 g/mol. The number of benzene rings is 2. The molecule has 1 aliphatic carbocycles. The van der Waals surface area contributed by atoms with Gasteiger partial charge < -0.3 is 9.84 Å². The highest BCUT2D eigenvalue weighted by atomic mass is 35.5. The Bertz CT molecular complexity index is 601. The second kappa shape index (κ2) is 5.12. The van der Waals surface area contributed by atoms with Gasteiger partial charge in [-0.1, -0.05) is 41.9 Å². The maximum absolute atomic E-state index is 10.8. The maximum atomic E-state index is 10.8. The summed E-state index contributed by atoms with van der Waals surface area (Å²) in [5.41, 5.74) is 0.391. The summed E-state index contributed by atoms with van der Waals surface area (Å²) in [7, 11) is 0. The molecule has 0 radical (unpaired) electrons. The molecule has 0 amide bonds. The predicted octanol–water partition coefficient (Wildman–Crippen LogP) is 4.14. The van der Waals surface area contributed by atoms with Crippen molar-refractivity contribution in [3.63, 3.8) is 0 Å². The van der Waals surface area contributed by atoms with Crippen LogP contribution in [0.1, 0.15) is 30.9 Å². The number of rotatable bonds is 4. The molecule has 0 bridgehead atoms. The molecule has 1 saturated carbocycles. The largest absolute Gasteiger partial charge is 0.490 e. The van der Waals surface area contributed by atoms with Crippen molar-refractivity contribution < 1.29 is 9.84 Å². The average molecular weight is 289 g/mol. The monoisotopic (exact) mass is 288 g/mol. The zero-order valence-corrected chi connectivity index (χ0v) is 12.1. The smallest absolute Gasteiger partial charge is 0.119 e. The molecule has 1 atom stereocenters. The van der Waals surface area contributed by atoms with Gasteiger partial charge in [-0.05, 0) is 43.5 Å². The lowest BCUT2D eigenvalue weighted by molar-refractivity contribution is 0.102. The van der Waals surface area contributed by atoms with Crippen LogP contribution in [0.3, 0.4) is 0 Å². The van der Waals surface area contributed by atoms with E-state index < -0.39 is 5.60 Å². The third kappa shape index (κ3) is 2.67. The molecule has 1 unspecified atom stereocenters. The van der Waals surface area contributed by atoms with Crippen LogP contribution in [0.25, 0.3) is 0 Å². The van der Waals surface area contributed by atoms with E-state index in [0.717, 1.165) is 24.2 Å². The summed E-state index contributed by atoms with van der Waals surface area (Å²) >= 11 is 6.18. The first-order chi connectivity index (χ1) is 9.57. The number of hydrogen-bond acceptors (Lipinski definition) is 2. The van der Waals surface area contributed by atoms with Gasteiger partial charge in [0.2, 0.25) is 0 Å². The molecule has 0 heterocycles. The fourth-order valence-corrected chi connectivity index (χ4v) is 2.57. The van der Waals surface area contributed by atoms with E-state index in [1.165, 1.54) is 0 Å². The van der Waals surface area contributed by atoms with Gasteiger partial charge in [0.1, 0.15) is 11.4 Å². The first-order valence-corrected chi connectivity index (χ1v) is 7.20. The van der Waals surface area contributed by atoms with Crippen molar-refractivity contribution in [3.05, 3.63) is 64.7 Å². The van der Waals surface area contributed by atoms with Crippen LogP contribution >= 0.6 is 11.6 Å². The van der Waals surface area contributed by atoms with Gasteiger partial charge in [0.15, 0.2) is 0 Å². The standard InChI is InChI=1S/C17H17ClO2/c1-17(19,15-4-2-3-5-16(15)18)12-6-8-13(9-7-12)20-14-10-11-14/h2-9,14,19H,10-11H2,1H3. The summed E-state index contributed by atoms with van der Waals surface area (Å²) in [6.45, 7) is 1.75. The van der Waals surface area contributed by atoms with Crippen molar-refractivity contribution in [2.45, 2.75) is 31.5 Å². The Kier molecular flexibility index (Phi) is 3.45. The summed E-state index contributed by atoms with van der Waals surface area (Å²) in [5.74, 6) is 0.853. The number of aliphatic hydroxyl groups is 1. The van der Waals surface area contributed by atoms with E-state index >= 15 is 0 Å². The summed E-state index contributed by atoms with van der Waals surface area (Å²) in [4.78, 5) is 0. The molecule has 3 rings (SSSR count). The van der Waals surface area contributed by atoms with Crippen molar-refractivity contribution in [3.8, 4) is 5.75 Å². The lowest BCUT2D eigenvalue weighted by Crippen LogP contribution is -2.23. The average Bonchev–Trinajstić information content (AvgIpc) is 3.24. The van der Waals surface area contributed by atoms with Crippen LogP contribution in [0.5, 0.6) is 5.75 Å². The van der Waals surface area contributed by atoms with Crippen molar-refractivity contribution in [1.82, 2.24) is 0 Å². The van der Waals surface area contributed by atoms with Gasteiger partial charge in [0.25, 0.3) is 0 Å². The van der Waals surface area contributed by atoms with Crippen LogP contribution in [0.4, 0.5) is 0 Å². The minimum Gasteiger partial charge on any atom is -0.490 e. The molecule has 3 heteroatoms. The van der Waals surface area contributed by atoms with E-state index in [2.05, 4.69) is 0 Å². The molecule has 0 aliphatic heterocycles. The van der Waals surface area contributed by atoms with Crippen molar-refractivity contribution >= 4 is 11.6 Å². The first-order valence-electron chi connectivity index (χ1n) is 6.82. The molecule has 0 aromatic heterocycles. The Hall–Kier alpha value is -1.51. The summed E-state index contributed by atoms with van der Waals surface area (Å²) in [5, 5.41) is 11.4. The fourth-order valence-electron chi connectivity index (χ4n) is 2.25. The zero-order chi connectivity index (χ0) is 14.2. The van der Waals surface area contributed by atoms with E-state index in [-0.39, 0.29) is 0 Å². The van der Waals surface area contributed by atoms with E-state index in [4.69, 9.17) is 16.3 Å². The van der Waals surface area contributed by atoms with E-state index in [0.29, 0.717) is 16.7 Å². The summed E-state index contributed by atoms with van der Waals surface area (Å²) < 4.78 is 5.71.